The summed E-state index contributed by atoms with van der Waals surface area (Å²) < 4.78 is 32.1. The van der Waals surface area contributed by atoms with Gasteiger partial charge in [-0.25, -0.2) is 0 Å². The van der Waals surface area contributed by atoms with E-state index in [2.05, 4.69) is 47.2 Å². The molecule has 254 valence electrons. The Balaban J connectivity index is 1.37. The Morgan fingerprint density at radius 3 is 2.71 bits per heavy atom. The molecule has 1 aliphatic rings. The van der Waals surface area contributed by atoms with Gasteiger partial charge in [-0.05, 0) is 48.7 Å². The monoisotopic (exact) mass is 672 g/mol. The highest BCUT2D eigenvalue weighted by atomic mass is 28.3. The van der Waals surface area contributed by atoms with Crippen LogP contribution in [0.25, 0.3) is 33.1 Å². The minimum atomic E-state index is -1.26. The van der Waals surface area contributed by atoms with Gasteiger partial charge in [-0.1, -0.05) is 25.7 Å². The van der Waals surface area contributed by atoms with Crippen molar-refractivity contribution in [3.63, 3.8) is 0 Å². The zero-order valence-corrected chi connectivity index (χ0v) is 29.1. The Labute approximate surface area is 281 Å². The van der Waals surface area contributed by atoms with Crippen LogP contribution in [0.15, 0.2) is 55.1 Å². The second-order valence-electron chi connectivity index (χ2n) is 13.0. The van der Waals surface area contributed by atoms with Crippen LogP contribution in [-0.4, -0.2) is 77.4 Å². The maximum absolute atomic E-state index is 9.15. The number of hydrogen-bond acceptors (Lipinski definition) is 11. The van der Waals surface area contributed by atoms with Gasteiger partial charge >= 0.3 is 0 Å². The van der Waals surface area contributed by atoms with E-state index in [9.17, 15) is 0 Å². The Morgan fingerprint density at radius 2 is 1.92 bits per heavy atom. The largest absolute Gasteiger partial charge is 0.490 e. The van der Waals surface area contributed by atoms with Gasteiger partial charge in [-0.15, -0.1) is 0 Å². The molecule has 1 aromatic carbocycles. The molecule has 6 rings (SSSR count). The lowest BCUT2D eigenvalue weighted by Crippen LogP contribution is -2.24. The Morgan fingerprint density at radius 1 is 1.02 bits per heavy atom. The van der Waals surface area contributed by atoms with Gasteiger partial charge in [0.05, 0.1) is 36.5 Å². The number of hydrogen-bond donors (Lipinski definition) is 2. The predicted octanol–water partition coefficient (Wildman–Crippen LogP) is 6.25. The second-order valence-corrected chi connectivity index (χ2v) is 18.7. The number of aromatic nitrogens is 5. The van der Waals surface area contributed by atoms with Gasteiger partial charge in [0.15, 0.2) is 11.9 Å². The summed E-state index contributed by atoms with van der Waals surface area (Å²) in [7, 11) is 0.521. The number of ether oxygens (including phenoxy) is 5. The van der Waals surface area contributed by atoms with Gasteiger partial charge in [-0.3, -0.25) is 9.97 Å². The van der Waals surface area contributed by atoms with Crippen molar-refractivity contribution < 1.29 is 28.8 Å². The molecule has 5 aromatic rings. The summed E-state index contributed by atoms with van der Waals surface area (Å²) in [6.45, 7) is 9.04. The minimum absolute atomic E-state index is 0.0812. The highest BCUT2D eigenvalue weighted by Gasteiger charge is 2.21. The van der Waals surface area contributed by atoms with Crippen molar-refractivity contribution in [3.8, 4) is 28.5 Å². The van der Waals surface area contributed by atoms with Crippen LogP contribution in [0.3, 0.4) is 0 Å². The van der Waals surface area contributed by atoms with E-state index < -0.39 is 8.07 Å². The maximum atomic E-state index is 9.15. The van der Waals surface area contributed by atoms with Gasteiger partial charge in [0, 0.05) is 57.1 Å². The van der Waals surface area contributed by atoms with Crippen LogP contribution in [0.4, 0.5) is 5.95 Å². The summed E-state index contributed by atoms with van der Waals surface area (Å²) in [6.07, 6.45) is 9.88. The molecule has 0 bridgehead atoms. The SMILES string of the molecule is CNc1nc(OCc2cncc(OCCO)c2)c2c(-c3ccc4ncc(OC5CCCCO5)cc4c3)cn(COCC[Si](C)(C)C)c2n1. The third-order valence-electron chi connectivity index (χ3n) is 8.01. The lowest BCUT2D eigenvalue weighted by Gasteiger charge is -2.23. The van der Waals surface area contributed by atoms with Crippen molar-refractivity contribution >= 4 is 36.0 Å². The van der Waals surface area contributed by atoms with Crippen molar-refractivity contribution in [3.05, 3.63) is 60.7 Å². The van der Waals surface area contributed by atoms with E-state index in [1.165, 1.54) is 0 Å². The van der Waals surface area contributed by atoms with Gasteiger partial charge < -0.3 is 38.7 Å². The molecule has 0 amide bonds. The number of pyridine rings is 2. The number of rotatable bonds is 15. The van der Waals surface area contributed by atoms with Crippen molar-refractivity contribution in [2.75, 3.05) is 38.8 Å². The highest BCUT2D eigenvalue weighted by Crippen LogP contribution is 2.38. The van der Waals surface area contributed by atoms with Gasteiger partial charge in [0.25, 0.3) is 0 Å². The van der Waals surface area contributed by atoms with Crippen LogP contribution in [0.2, 0.25) is 25.7 Å². The molecule has 48 heavy (non-hydrogen) atoms. The first-order valence-electron chi connectivity index (χ1n) is 16.4. The van der Waals surface area contributed by atoms with Crippen LogP contribution in [0.5, 0.6) is 17.4 Å². The quantitative estimate of drug-likeness (QED) is 0.0965. The molecule has 1 atom stereocenters. The third-order valence-corrected chi connectivity index (χ3v) is 9.72. The first-order chi connectivity index (χ1) is 23.3. The summed E-state index contributed by atoms with van der Waals surface area (Å²) in [5.41, 5.74) is 4.20. The van der Waals surface area contributed by atoms with Crippen molar-refractivity contribution in [1.82, 2.24) is 24.5 Å². The fraction of sp³-hybridized carbons (Fsp3) is 0.429. The van der Waals surface area contributed by atoms with E-state index in [-0.39, 0.29) is 26.1 Å². The molecule has 1 aliphatic heterocycles. The van der Waals surface area contributed by atoms with E-state index in [0.717, 1.165) is 58.3 Å². The lowest BCUT2D eigenvalue weighted by molar-refractivity contribution is -0.106. The first-order valence-corrected chi connectivity index (χ1v) is 20.2. The highest BCUT2D eigenvalue weighted by molar-refractivity contribution is 6.76. The van der Waals surface area contributed by atoms with Crippen LogP contribution in [-0.2, 0) is 22.8 Å². The number of benzene rings is 1. The normalized spacial score (nSPS) is 15.1. The Hall–Kier alpha value is -4.30. The van der Waals surface area contributed by atoms with E-state index >= 15 is 0 Å². The van der Waals surface area contributed by atoms with Crippen LogP contribution in [0.1, 0.15) is 24.8 Å². The topological polar surface area (TPSA) is 135 Å². The fourth-order valence-electron chi connectivity index (χ4n) is 5.46. The Bertz CT molecular complexity index is 1840. The molecule has 2 N–H and O–H groups in total. The molecule has 5 heterocycles. The van der Waals surface area contributed by atoms with Crippen LogP contribution < -0.4 is 19.5 Å². The molecule has 1 fully saturated rings. The first kappa shape index (κ1) is 33.6. The summed E-state index contributed by atoms with van der Waals surface area (Å²) in [5.74, 6) is 2.08. The molecule has 1 saturated heterocycles. The maximum Gasteiger partial charge on any atom is 0.228 e. The number of aliphatic hydroxyl groups is 1. The second kappa shape index (κ2) is 15.3. The van der Waals surface area contributed by atoms with Crippen molar-refractivity contribution in [1.29, 1.82) is 0 Å². The zero-order chi connectivity index (χ0) is 33.5. The van der Waals surface area contributed by atoms with E-state index in [0.29, 0.717) is 48.9 Å². The van der Waals surface area contributed by atoms with Gasteiger partial charge in [0.1, 0.15) is 31.4 Å². The lowest BCUT2D eigenvalue weighted by atomic mass is 10.0. The standard InChI is InChI=1S/C35H44N6O6Si/c1-36-35-39-33-32(34(40-35)46-22-24-15-27(19-37-18-24)44-12-10-42)29(21-41(33)23-43-13-14-48(2,3)4)25-8-9-30-26(16-25)17-28(20-38-30)47-31-7-5-6-11-45-31/h8-9,15-21,31,42H,5-7,10-14,22-23H2,1-4H3,(H,36,39,40). The van der Waals surface area contributed by atoms with Crippen LogP contribution in [0, 0.1) is 0 Å². The third kappa shape index (κ3) is 8.40. The zero-order valence-electron chi connectivity index (χ0n) is 28.1. The molecule has 0 aliphatic carbocycles. The van der Waals surface area contributed by atoms with Gasteiger partial charge in [-0.2, -0.15) is 9.97 Å². The van der Waals surface area contributed by atoms with E-state index in [1.807, 2.05) is 28.8 Å². The number of aliphatic hydroxyl groups excluding tert-OH is 1. The molecular weight excluding hydrogens is 629 g/mol. The van der Waals surface area contributed by atoms with Crippen molar-refractivity contribution in [2.24, 2.45) is 0 Å². The summed E-state index contributed by atoms with van der Waals surface area (Å²) in [5, 5.41) is 13.9. The number of anilines is 1. The fourth-order valence-corrected chi connectivity index (χ4v) is 6.22. The van der Waals surface area contributed by atoms with Gasteiger partial charge in [0.2, 0.25) is 11.8 Å². The smallest absolute Gasteiger partial charge is 0.228 e. The average Bonchev–Trinajstić information content (AvgIpc) is 3.46. The van der Waals surface area contributed by atoms with E-state index in [1.54, 1.807) is 25.6 Å². The molecule has 0 spiro atoms. The summed E-state index contributed by atoms with van der Waals surface area (Å²) in [6, 6.07) is 11.1. The number of nitrogens with zero attached hydrogens (tertiary/aromatic N) is 5. The average molecular weight is 673 g/mol. The molecule has 0 radical (unpaired) electrons. The molecule has 1 unspecified atom stereocenters. The molecule has 4 aromatic heterocycles. The van der Waals surface area contributed by atoms with E-state index in [4.69, 9.17) is 38.8 Å². The molecule has 13 heteroatoms. The minimum Gasteiger partial charge on any atom is -0.490 e. The van der Waals surface area contributed by atoms with Crippen LogP contribution >= 0.6 is 0 Å². The molecular formula is C35H44N6O6Si. The summed E-state index contributed by atoms with van der Waals surface area (Å²) >= 11 is 0. The summed E-state index contributed by atoms with van der Waals surface area (Å²) in [4.78, 5) is 18.5. The predicted molar refractivity (Wildman–Crippen MR) is 187 cm³/mol. The number of fused-ring (bicyclic) bond motifs is 2. The Kier molecular flexibility index (Phi) is 10.7. The molecule has 12 nitrogen and oxygen atoms in total. The molecule has 0 saturated carbocycles. The van der Waals surface area contributed by atoms with Crippen molar-refractivity contribution in [2.45, 2.75) is 64.6 Å². The number of nitrogens with one attached hydrogen (secondary N) is 1.